The van der Waals surface area contributed by atoms with Crippen LogP contribution in [0.15, 0.2) is 126 Å². The number of rotatable bonds is 6. The van der Waals surface area contributed by atoms with Gasteiger partial charge in [-0.25, -0.2) is 27.4 Å². The average Bonchev–Trinajstić information content (AvgIpc) is 3.78. The standard InChI is InChI=1S/C24H36N15P3.6ClH/c1-28-7-13-34(19-28)40(35-14-8-29(2)20-35)25-41(36-15-9-30(3)21-36,37-16-10-31(4)22-37)27-42(26-40,38-17-11-32(5)23-38)39-18-12-33(6)24-39;;;;;;/h7-24H,1-6H3;6*1H/q+6;;;;;;/p-6. The second-order valence-electron chi connectivity index (χ2n) is 10.6. The van der Waals surface area contributed by atoms with Crippen LogP contribution >= 0.6 is 22.5 Å². The van der Waals surface area contributed by atoms with Crippen molar-refractivity contribution < 1.29 is 102 Å². The lowest BCUT2D eigenvalue weighted by Crippen LogP contribution is -3.00. The Morgan fingerprint density at radius 3 is 0.562 bits per heavy atom. The fraction of sp³-hybridized carbons (Fsp3) is 0.250. The normalized spacial score (nSPS) is 14.9. The first-order valence-corrected chi connectivity index (χ1v) is 18.1. The van der Waals surface area contributed by atoms with Crippen molar-refractivity contribution in [2.75, 3.05) is 0 Å². The van der Waals surface area contributed by atoms with Gasteiger partial charge in [0.25, 0.3) is 38.0 Å². The second-order valence-corrected chi connectivity index (χ2v) is 18.8. The first-order chi connectivity index (χ1) is 20.1. The van der Waals surface area contributed by atoms with Crippen molar-refractivity contribution in [2.24, 2.45) is 55.8 Å². The summed E-state index contributed by atoms with van der Waals surface area (Å²) in [6.45, 7) is 0. The summed E-state index contributed by atoms with van der Waals surface area (Å²) in [5.41, 5.74) is 0. The molecule has 0 bridgehead atoms. The van der Waals surface area contributed by atoms with Crippen molar-refractivity contribution in [3.63, 3.8) is 0 Å². The van der Waals surface area contributed by atoms with E-state index < -0.39 is 22.5 Å². The molecule has 0 aromatic carbocycles. The molecule has 0 spiro atoms. The van der Waals surface area contributed by atoms with Crippen LogP contribution in [0.3, 0.4) is 0 Å². The Kier molecular flexibility index (Phi) is 14.7. The predicted octanol–water partition coefficient (Wildman–Crippen LogP) is -17.1. The van der Waals surface area contributed by atoms with Gasteiger partial charge in [0.1, 0.15) is 74.4 Å². The van der Waals surface area contributed by atoms with Crippen LogP contribution in [-0.2, 0) is 42.3 Å². The zero-order valence-corrected chi connectivity index (χ0v) is 33.9. The highest BCUT2D eigenvalue weighted by Crippen LogP contribution is 2.79. The first-order valence-electron chi connectivity index (χ1n) is 13.3. The molecule has 1 aliphatic heterocycles. The summed E-state index contributed by atoms with van der Waals surface area (Å²) >= 11 is 0. The number of halogens is 6. The molecule has 6 aromatic rings. The number of aromatic nitrogens is 12. The van der Waals surface area contributed by atoms with E-state index in [1.165, 1.54) is 0 Å². The average molecular weight is 840 g/mol. The Morgan fingerprint density at radius 2 is 0.458 bits per heavy atom. The molecule has 0 amide bonds. The largest absolute Gasteiger partial charge is 1.00 e. The summed E-state index contributed by atoms with van der Waals surface area (Å²) in [5, 5.41) is 0. The molecule has 0 saturated carbocycles. The summed E-state index contributed by atoms with van der Waals surface area (Å²) < 4.78 is 43.1. The summed E-state index contributed by atoms with van der Waals surface area (Å²) in [5.74, 6) is 0. The fourth-order valence-corrected chi connectivity index (χ4v) is 18.7. The molecule has 48 heavy (non-hydrogen) atoms. The van der Waals surface area contributed by atoms with Crippen molar-refractivity contribution in [1.29, 1.82) is 0 Å². The molecule has 0 radical (unpaired) electrons. The van der Waals surface area contributed by atoms with Gasteiger partial charge in [-0.05, 0) is 0 Å². The maximum Gasteiger partial charge on any atom is 0.459 e. The Morgan fingerprint density at radius 1 is 0.312 bits per heavy atom. The summed E-state index contributed by atoms with van der Waals surface area (Å²) in [6.07, 6.45) is 37.1. The molecule has 0 fully saturated rings. The quantitative estimate of drug-likeness (QED) is 0.118. The van der Waals surface area contributed by atoms with Gasteiger partial charge in [0.05, 0.1) is 42.3 Å². The predicted molar refractivity (Wildman–Crippen MR) is 154 cm³/mol. The third kappa shape index (κ3) is 7.13. The van der Waals surface area contributed by atoms with Crippen LogP contribution in [0.1, 0.15) is 0 Å². The lowest BCUT2D eigenvalue weighted by atomic mass is 10.9. The molecule has 0 unspecified atom stereocenters. The van der Waals surface area contributed by atoms with Crippen LogP contribution in [0.2, 0.25) is 0 Å². The van der Waals surface area contributed by atoms with Crippen molar-refractivity contribution in [3.8, 4) is 0 Å². The lowest BCUT2D eigenvalue weighted by Gasteiger charge is -2.24. The van der Waals surface area contributed by atoms with Gasteiger partial charge in [-0.15, -0.1) is 0 Å². The van der Waals surface area contributed by atoms with E-state index >= 15 is 0 Å². The number of nitrogens with zero attached hydrogens (tertiary/aromatic N) is 15. The van der Waals surface area contributed by atoms with Crippen LogP contribution in [0, 0.1) is 0 Å². The summed E-state index contributed by atoms with van der Waals surface area (Å²) in [6, 6.07) is 0. The minimum atomic E-state index is -2.99. The van der Waals surface area contributed by atoms with Gasteiger partial charge >= 0.3 is 22.5 Å². The van der Waals surface area contributed by atoms with Gasteiger partial charge in [-0.3, -0.25) is 0 Å². The minimum absolute atomic E-state index is 0. The third-order valence-electron chi connectivity index (χ3n) is 7.11. The van der Waals surface area contributed by atoms with Crippen molar-refractivity contribution in [1.82, 2.24) is 26.0 Å². The smallest absolute Gasteiger partial charge is 0.459 e. The topological polar surface area (TPSA) is 89.9 Å². The monoisotopic (exact) mass is 837 g/mol. The van der Waals surface area contributed by atoms with Gasteiger partial charge < -0.3 is 74.4 Å². The molecule has 7 rings (SSSR count). The molecule has 6 aromatic heterocycles. The van der Waals surface area contributed by atoms with E-state index in [-0.39, 0.29) is 74.4 Å². The molecule has 0 atom stereocenters. The molecule has 1 aliphatic rings. The first kappa shape index (κ1) is 43.7. The van der Waals surface area contributed by atoms with Gasteiger partial charge in [0.2, 0.25) is 0 Å². The van der Waals surface area contributed by atoms with Gasteiger partial charge in [-0.2, -0.15) is 26.0 Å². The van der Waals surface area contributed by atoms with E-state index in [4.69, 9.17) is 13.5 Å². The van der Waals surface area contributed by atoms with Gasteiger partial charge in [0.15, 0.2) is 0 Å². The van der Waals surface area contributed by atoms with Crippen molar-refractivity contribution in [3.05, 3.63) is 112 Å². The van der Waals surface area contributed by atoms with Crippen LogP contribution in [0.4, 0.5) is 0 Å². The van der Waals surface area contributed by atoms with E-state index in [9.17, 15) is 0 Å². The Bertz CT molecular complexity index is 1760. The molecule has 0 N–H and O–H groups in total. The zero-order valence-electron chi connectivity index (χ0n) is 26.7. The maximum atomic E-state index is 5.91. The molecule has 15 nitrogen and oxygen atoms in total. The second kappa shape index (κ2) is 16.1. The van der Waals surface area contributed by atoms with Crippen molar-refractivity contribution in [2.45, 2.75) is 0 Å². The highest BCUT2D eigenvalue weighted by atomic mass is 35.5. The fourth-order valence-electron chi connectivity index (χ4n) is 5.02. The van der Waals surface area contributed by atoms with Gasteiger partial charge in [0, 0.05) is 0 Å². The maximum absolute atomic E-state index is 5.91. The van der Waals surface area contributed by atoms with Crippen LogP contribution in [-0.4, -0.2) is 26.0 Å². The molecule has 0 aliphatic carbocycles. The van der Waals surface area contributed by atoms with E-state index in [1.54, 1.807) is 0 Å². The zero-order chi connectivity index (χ0) is 29.3. The molecule has 0 saturated heterocycles. The molecule has 24 heteroatoms. The number of hydrogen-bond donors (Lipinski definition) is 0. The van der Waals surface area contributed by atoms with E-state index in [2.05, 4.69) is 101 Å². The highest BCUT2D eigenvalue weighted by Gasteiger charge is 2.57. The van der Waals surface area contributed by atoms with Crippen LogP contribution in [0.25, 0.3) is 0 Å². The van der Waals surface area contributed by atoms with Crippen molar-refractivity contribution >= 4 is 22.5 Å². The van der Waals surface area contributed by atoms with E-state index in [0.717, 1.165) is 0 Å². The molecular formula is C24H36Cl6N15P3. The SMILES string of the molecule is C[n+]1ccn(P2(n3cc[n+](C)c3)=NP(n3cc[n+](C)c3)(n3cc[n+](C)c3)=NP(n3cc[n+](C)c3)(n3cc[n+](C)c3)=N2)c1.[Cl-].[Cl-].[Cl-].[Cl-].[Cl-].[Cl-]. The Labute approximate surface area is 316 Å². The van der Waals surface area contributed by atoms with Crippen LogP contribution in [0.5, 0.6) is 0 Å². The summed E-state index contributed by atoms with van der Waals surface area (Å²) in [4.78, 5) is 0. The lowest BCUT2D eigenvalue weighted by molar-refractivity contribution is -0.670. The molecule has 264 valence electrons. The third-order valence-corrected chi connectivity index (χ3v) is 18.0. The Balaban J connectivity index is 0.00000192. The minimum Gasteiger partial charge on any atom is -1.00 e. The van der Waals surface area contributed by atoms with E-state index in [1.807, 2.05) is 107 Å². The highest BCUT2D eigenvalue weighted by molar-refractivity contribution is 7.84. The molecule has 7 heterocycles. The summed E-state index contributed by atoms with van der Waals surface area (Å²) in [7, 11) is 3.17. The van der Waals surface area contributed by atoms with E-state index in [0.29, 0.717) is 0 Å². The van der Waals surface area contributed by atoms with Crippen LogP contribution < -0.4 is 102 Å². The Hall–Kier alpha value is -2.31. The number of imidazole rings is 6. The number of aryl methyl sites for hydroxylation is 6. The molecular weight excluding hydrogens is 804 g/mol. The van der Waals surface area contributed by atoms with Gasteiger partial charge in [-0.1, -0.05) is 13.5 Å². The number of hydrogen-bond acceptors (Lipinski definition) is 3.